The van der Waals surface area contributed by atoms with E-state index in [-0.39, 0.29) is 12.6 Å². The van der Waals surface area contributed by atoms with Gasteiger partial charge in [0.15, 0.2) is 0 Å². The number of aliphatic hydroxyl groups is 1. The van der Waals surface area contributed by atoms with Crippen molar-refractivity contribution in [3.05, 3.63) is 22.8 Å². The van der Waals surface area contributed by atoms with Crippen LogP contribution in [-0.2, 0) is 0 Å². The molecule has 0 aliphatic rings. The van der Waals surface area contributed by atoms with Gasteiger partial charge in [-0.05, 0) is 34.0 Å². The summed E-state index contributed by atoms with van der Waals surface area (Å²) >= 11 is 3.32. The molecule has 0 aliphatic carbocycles. The number of rotatable bonds is 4. The van der Waals surface area contributed by atoms with E-state index in [9.17, 15) is 0 Å². The van der Waals surface area contributed by atoms with E-state index in [1.807, 2.05) is 12.1 Å². The fourth-order valence-corrected chi connectivity index (χ4v) is 1.31. The Hall–Kier alpha value is -0.610. The van der Waals surface area contributed by atoms with E-state index in [1.54, 1.807) is 6.20 Å². The van der Waals surface area contributed by atoms with Gasteiger partial charge in [0.1, 0.15) is 5.82 Å². The fraction of sp³-hybridized carbons (Fsp3) is 0.500. The average Bonchev–Trinajstić information content (AvgIpc) is 2.16. The molecule has 1 aromatic rings. The lowest BCUT2D eigenvalue weighted by Gasteiger charge is -2.20. The van der Waals surface area contributed by atoms with Crippen molar-refractivity contribution in [2.75, 3.05) is 11.9 Å². The second kappa shape index (κ2) is 5.32. The van der Waals surface area contributed by atoms with Crippen molar-refractivity contribution in [1.29, 1.82) is 0 Å². The third kappa shape index (κ3) is 3.27. The highest BCUT2D eigenvalue weighted by atomic mass is 79.9. The molecule has 0 amide bonds. The van der Waals surface area contributed by atoms with Gasteiger partial charge in [-0.1, -0.05) is 13.8 Å². The van der Waals surface area contributed by atoms with Crippen LogP contribution in [0.4, 0.5) is 5.82 Å². The first-order valence-corrected chi connectivity index (χ1v) is 5.41. The van der Waals surface area contributed by atoms with Crippen LogP contribution in [0.5, 0.6) is 0 Å². The van der Waals surface area contributed by atoms with Crippen molar-refractivity contribution < 1.29 is 5.11 Å². The molecule has 0 spiro atoms. The molecular formula is C10H15BrN2O. The molecule has 1 heterocycles. The van der Waals surface area contributed by atoms with Crippen molar-refractivity contribution in [3.8, 4) is 0 Å². The number of halogens is 1. The SMILES string of the molecule is CC(C)[C@H](CO)Nc1ccc(Br)cn1. The zero-order valence-electron chi connectivity index (χ0n) is 8.37. The predicted molar refractivity (Wildman–Crippen MR) is 61.3 cm³/mol. The Bertz CT molecular complexity index is 274. The van der Waals surface area contributed by atoms with Crippen LogP contribution in [0.3, 0.4) is 0 Å². The second-order valence-electron chi connectivity index (χ2n) is 3.54. The molecule has 0 fully saturated rings. The van der Waals surface area contributed by atoms with Gasteiger partial charge < -0.3 is 10.4 Å². The maximum Gasteiger partial charge on any atom is 0.126 e. The van der Waals surface area contributed by atoms with E-state index in [1.165, 1.54) is 0 Å². The Kier molecular flexibility index (Phi) is 4.35. The highest BCUT2D eigenvalue weighted by Gasteiger charge is 2.11. The van der Waals surface area contributed by atoms with E-state index in [2.05, 4.69) is 40.1 Å². The van der Waals surface area contributed by atoms with Gasteiger partial charge in [0, 0.05) is 10.7 Å². The molecule has 0 unspecified atom stereocenters. The summed E-state index contributed by atoms with van der Waals surface area (Å²) < 4.78 is 0.952. The van der Waals surface area contributed by atoms with Gasteiger partial charge in [-0.25, -0.2) is 4.98 Å². The molecule has 4 heteroatoms. The summed E-state index contributed by atoms with van der Waals surface area (Å²) in [6, 6.07) is 3.86. The summed E-state index contributed by atoms with van der Waals surface area (Å²) in [5.74, 6) is 1.17. The molecule has 0 saturated carbocycles. The normalized spacial score (nSPS) is 12.9. The number of aliphatic hydroxyl groups excluding tert-OH is 1. The molecule has 1 aromatic heterocycles. The van der Waals surface area contributed by atoms with Gasteiger partial charge in [0.05, 0.1) is 12.6 Å². The lowest BCUT2D eigenvalue weighted by Crippen LogP contribution is -2.29. The Morgan fingerprint density at radius 1 is 1.50 bits per heavy atom. The fourth-order valence-electron chi connectivity index (χ4n) is 1.07. The molecule has 0 bridgehead atoms. The summed E-state index contributed by atoms with van der Waals surface area (Å²) in [6.45, 7) is 4.24. The van der Waals surface area contributed by atoms with Crippen LogP contribution in [-0.4, -0.2) is 22.7 Å². The summed E-state index contributed by atoms with van der Waals surface area (Å²) in [7, 11) is 0. The zero-order chi connectivity index (χ0) is 10.6. The highest BCUT2D eigenvalue weighted by Crippen LogP contribution is 2.13. The number of hydrogen-bond acceptors (Lipinski definition) is 3. The number of anilines is 1. The molecule has 78 valence electrons. The molecular weight excluding hydrogens is 244 g/mol. The highest BCUT2D eigenvalue weighted by molar-refractivity contribution is 9.10. The molecule has 0 saturated heterocycles. The minimum atomic E-state index is 0.0590. The van der Waals surface area contributed by atoms with E-state index in [4.69, 9.17) is 5.11 Å². The number of nitrogens with one attached hydrogen (secondary N) is 1. The first-order chi connectivity index (χ1) is 6.63. The van der Waals surface area contributed by atoms with Crippen LogP contribution in [0.25, 0.3) is 0 Å². The third-order valence-electron chi connectivity index (χ3n) is 2.06. The molecule has 0 aliphatic heterocycles. The molecule has 0 aromatic carbocycles. The number of aromatic nitrogens is 1. The van der Waals surface area contributed by atoms with Crippen LogP contribution >= 0.6 is 15.9 Å². The van der Waals surface area contributed by atoms with Gasteiger partial charge in [-0.15, -0.1) is 0 Å². The monoisotopic (exact) mass is 258 g/mol. The zero-order valence-corrected chi connectivity index (χ0v) is 9.95. The van der Waals surface area contributed by atoms with E-state index in [0.29, 0.717) is 5.92 Å². The van der Waals surface area contributed by atoms with Crippen LogP contribution in [0, 0.1) is 5.92 Å². The predicted octanol–water partition coefficient (Wildman–Crippen LogP) is 2.27. The lowest BCUT2D eigenvalue weighted by atomic mass is 10.1. The Balaban J connectivity index is 2.63. The van der Waals surface area contributed by atoms with Crippen molar-refractivity contribution in [3.63, 3.8) is 0 Å². The summed E-state index contributed by atoms with van der Waals surface area (Å²) in [6.07, 6.45) is 1.73. The van der Waals surface area contributed by atoms with Crippen molar-refractivity contribution in [2.45, 2.75) is 19.9 Å². The smallest absolute Gasteiger partial charge is 0.126 e. The van der Waals surface area contributed by atoms with Crippen LogP contribution in [0.2, 0.25) is 0 Å². The molecule has 14 heavy (non-hydrogen) atoms. The van der Waals surface area contributed by atoms with Crippen LogP contribution in [0.1, 0.15) is 13.8 Å². The molecule has 2 N–H and O–H groups in total. The average molecular weight is 259 g/mol. The quantitative estimate of drug-likeness (QED) is 0.871. The number of nitrogens with zero attached hydrogens (tertiary/aromatic N) is 1. The standard InChI is InChI=1S/C10H15BrN2O/c1-7(2)9(6-14)13-10-4-3-8(11)5-12-10/h3-5,7,9,14H,6H2,1-2H3,(H,12,13)/t9-/m0/s1. The summed E-state index contributed by atoms with van der Waals surface area (Å²) in [4.78, 5) is 4.18. The van der Waals surface area contributed by atoms with E-state index < -0.39 is 0 Å². The van der Waals surface area contributed by atoms with E-state index in [0.717, 1.165) is 10.3 Å². The van der Waals surface area contributed by atoms with Gasteiger partial charge in [0.2, 0.25) is 0 Å². The van der Waals surface area contributed by atoms with Gasteiger partial charge in [-0.3, -0.25) is 0 Å². The topological polar surface area (TPSA) is 45.1 Å². The first-order valence-electron chi connectivity index (χ1n) is 4.62. The van der Waals surface area contributed by atoms with E-state index >= 15 is 0 Å². The summed E-state index contributed by atoms with van der Waals surface area (Å²) in [5, 5.41) is 12.3. The van der Waals surface area contributed by atoms with Crippen molar-refractivity contribution in [1.82, 2.24) is 4.98 Å². The largest absolute Gasteiger partial charge is 0.394 e. The van der Waals surface area contributed by atoms with Crippen molar-refractivity contribution in [2.24, 2.45) is 5.92 Å². The lowest BCUT2D eigenvalue weighted by molar-refractivity contribution is 0.249. The second-order valence-corrected chi connectivity index (χ2v) is 4.45. The first kappa shape index (κ1) is 11.5. The molecule has 0 radical (unpaired) electrons. The van der Waals surface area contributed by atoms with Crippen molar-refractivity contribution >= 4 is 21.7 Å². The third-order valence-corrected chi connectivity index (χ3v) is 2.53. The maximum absolute atomic E-state index is 9.11. The summed E-state index contributed by atoms with van der Waals surface area (Å²) in [5.41, 5.74) is 0. The molecule has 3 nitrogen and oxygen atoms in total. The Morgan fingerprint density at radius 3 is 2.64 bits per heavy atom. The van der Waals surface area contributed by atoms with Crippen LogP contribution in [0.15, 0.2) is 22.8 Å². The minimum absolute atomic E-state index is 0.0590. The maximum atomic E-state index is 9.11. The Labute approximate surface area is 92.7 Å². The molecule has 1 atom stereocenters. The van der Waals surface area contributed by atoms with Gasteiger partial charge >= 0.3 is 0 Å². The van der Waals surface area contributed by atoms with Gasteiger partial charge in [-0.2, -0.15) is 0 Å². The number of hydrogen-bond donors (Lipinski definition) is 2. The minimum Gasteiger partial charge on any atom is -0.394 e. The van der Waals surface area contributed by atoms with Gasteiger partial charge in [0.25, 0.3) is 0 Å². The molecule has 1 rings (SSSR count). The number of pyridine rings is 1. The van der Waals surface area contributed by atoms with Crippen LogP contribution < -0.4 is 5.32 Å². The Morgan fingerprint density at radius 2 is 2.21 bits per heavy atom.